The van der Waals surface area contributed by atoms with Gasteiger partial charge in [-0.2, -0.15) is 5.10 Å². The molecule has 0 amide bonds. The van der Waals surface area contributed by atoms with Crippen LogP contribution in [0.4, 0.5) is 5.13 Å². The van der Waals surface area contributed by atoms with Gasteiger partial charge in [0.25, 0.3) is 0 Å². The Hall–Kier alpha value is -3.13. The van der Waals surface area contributed by atoms with Crippen molar-refractivity contribution in [3.63, 3.8) is 0 Å². The van der Waals surface area contributed by atoms with E-state index in [-0.39, 0.29) is 18.4 Å². The molecule has 0 N–H and O–H groups in total. The van der Waals surface area contributed by atoms with Gasteiger partial charge in [0.1, 0.15) is 17.2 Å². The van der Waals surface area contributed by atoms with Gasteiger partial charge in [-0.1, -0.05) is 23.5 Å². The molecule has 29 heavy (non-hydrogen) atoms. The van der Waals surface area contributed by atoms with E-state index in [1.807, 2.05) is 41.4 Å². The Balaban J connectivity index is 1.63. The fourth-order valence-corrected chi connectivity index (χ4v) is 4.10. The van der Waals surface area contributed by atoms with Crippen molar-refractivity contribution < 1.29 is 18.7 Å². The molecule has 1 aliphatic rings. The van der Waals surface area contributed by atoms with Gasteiger partial charge in [-0.25, -0.2) is 9.99 Å². The van der Waals surface area contributed by atoms with E-state index in [1.54, 1.807) is 26.5 Å². The van der Waals surface area contributed by atoms with Gasteiger partial charge in [0, 0.05) is 17.5 Å². The highest BCUT2D eigenvalue weighted by Crippen LogP contribution is 2.39. The van der Waals surface area contributed by atoms with Gasteiger partial charge in [0.05, 0.1) is 32.4 Å². The first-order valence-electron chi connectivity index (χ1n) is 9.32. The van der Waals surface area contributed by atoms with Crippen LogP contribution in [0.1, 0.15) is 35.6 Å². The van der Waals surface area contributed by atoms with Crippen molar-refractivity contribution in [1.29, 1.82) is 0 Å². The van der Waals surface area contributed by atoms with Gasteiger partial charge in [0.15, 0.2) is 0 Å². The molecule has 0 saturated heterocycles. The normalized spacial score (nSPS) is 16.0. The summed E-state index contributed by atoms with van der Waals surface area (Å²) in [6.45, 7) is 2.16. The lowest BCUT2D eigenvalue weighted by atomic mass is 10.0. The van der Waals surface area contributed by atoms with Gasteiger partial charge in [0.2, 0.25) is 5.13 Å². The number of aromatic nitrogens is 1. The van der Waals surface area contributed by atoms with Gasteiger partial charge < -0.3 is 13.9 Å². The first-order valence-corrected chi connectivity index (χ1v) is 10.1. The maximum Gasteiger partial charge on any atom is 0.311 e. The van der Waals surface area contributed by atoms with Crippen LogP contribution in [0.15, 0.2) is 58.4 Å². The first-order chi connectivity index (χ1) is 14.2. The quantitative estimate of drug-likeness (QED) is 0.542. The van der Waals surface area contributed by atoms with Gasteiger partial charge >= 0.3 is 5.97 Å². The number of rotatable bonds is 7. The summed E-state index contributed by atoms with van der Waals surface area (Å²) in [4.78, 5) is 17.1. The molecule has 1 aliphatic heterocycles. The average molecular weight is 411 g/mol. The molecule has 3 heterocycles. The molecule has 0 spiro atoms. The van der Waals surface area contributed by atoms with Gasteiger partial charge in [-0.3, -0.25) is 4.79 Å². The number of thiazole rings is 1. The van der Waals surface area contributed by atoms with Crippen LogP contribution in [-0.2, 0) is 16.0 Å². The Morgan fingerprint density at radius 2 is 2.14 bits per heavy atom. The maximum atomic E-state index is 11.8. The molecule has 4 rings (SSSR count). The van der Waals surface area contributed by atoms with Crippen LogP contribution in [-0.4, -0.2) is 30.4 Å². The topological polar surface area (TPSA) is 77.2 Å². The first kappa shape index (κ1) is 19.2. The third kappa shape index (κ3) is 4.17. The van der Waals surface area contributed by atoms with Gasteiger partial charge in [-0.15, -0.1) is 0 Å². The van der Waals surface area contributed by atoms with Crippen LogP contribution in [0.5, 0.6) is 5.75 Å². The molecular formula is C21H21N3O4S. The predicted molar refractivity (Wildman–Crippen MR) is 111 cm³/mol. The summed E-state index contributed by atoms with van der Waals surface area (Å²) in [5, 5.41) is 7.42. The third-order valence-corrected chi connectivity index (χ3v) is 5.56. The second-order valence-corrected chi connectivity index (χ2v) is 7.55. The lowest BCUT2D eigenvalue weighted by Gasteiger charge is -2.21. The zero-order valence-electron chi connectivity index (χ0n) is 16.2. The minimum Gasteiger partial charge on any atom is -0.497 e. The summed E-state index contributed by atoms with van der Waals surface area (Å²) in [5.41, 5.74) is 1.95. The Bertz CT molecular complexity index is 995. The number of esters is 1. The number of carbonyl (C=O) groups is 1. The van der Waals surface area contributed by atoms with E-state index in [0.29, 0.717) is 13.0 Å². The summed E-state index contributed by atoms with van der Waals surface area (Å²) in [6, 6.07) is 11.7. The van der Waals surface area contributed by atoms with E-state index in [2.05, 4.69) is 4.98 Å². The van der Waals surface area contributed by atoms with Crippen LogP contribution in [0.2, 0.25) is 0 Å². The number of hydrazone groups is 1. The molecule has 150 valence electrons. The summed E-state index contributed by atoms with van der Waals surface area (Å²) in [6.07, 6.45) is 4.25. The SMILES string of the molecule is CCOC(=O)Cc1cnc(N2N=C(c3ccco3)C[C@@H]2c2ccc(OC)cc2)s1. The highest BCUT2D eigenvalue weighted by atomic mass is 32.1. The van der Waals surface area contributed by atoms with Crippen LogP contribution >= 0.6 is 11.3 Å². The van der Waals surface area contributed by atoms with E-state index in [9.17, 15) is 4.79 Å². The summed E-state index contributed by atoms with van der Waals surface area (Å²) in [5.74, 6) is 1.29. The standard InChI is InChI=1S/C21H21N3O4S/c1-3-27-20(25)11-16-13-22-21(29-16)24-18(14-6-8-15(26-2)9-7-14)12-17(23-24)19-5-4-10-28-19/h4-10,13,18H,3,11-12H2,1-2H3/t18-/m1/s1. The minimum absolute atomic E-state index is 0.0254. The molecule has 0 radical (unpaired) electrons. The monoisotopic (exact) mass is 411 g/mol. The number of furan rings is 1. The molecule has 1 aromatic carbocycles. The van der Waals surface area contributed by atoms with Crippen molar-refractivity contribution in [2.24, 2.45) is 5.10 Å². The maximum absolute atomic E-state index is 11.8. The lowest BCUT2D eigenvalue weighted by Crippen LogP contribution is -2.18. The summed E-state index contributed by atoms with van der Waals surface area (Å²) in [7, 11) is 1.65. The number of carbonyl (C=O) groups excluding carboxylic acids is 1. The summed E-state index contributed by atoms with van der Waals surface area (Å²) < 4.78 is 15.9. The second kappa shape index (κ2) is 8.48. The number of hydrogen-bond donors (Lipinski definition) is 0. The summed E-state index contributed by atoms with van der Waals surface area (Å²) >= 11 is 1.44. The van der Waals surface area contributed by atoms with Crippen LogP contribution < -0.4 is 9.75 Å². The highest BCUT2D eigenvalue weighted by Gasteiger charge is 2.32. The average Bonchev–Trinajstić information content (AvgIpc) is 3.48. The van der Waals surface area contributed by atoms with Crippen LogP contribution in [0.25, 0.3) is 0 Å². The number of nitrogens with zero attached hydrogens (tertiary/aromatic N) is 3. The number of benzene rings is 1. The van der Waals surface area contributed by atoms with Gasteiger partial charge in [-0.05, 0) is 36.8 Å². The molecule has 7 nitrogen and oxygen atoms in total. The fraction of sp³-hybridized carbons (Fsp3) is 0.286. The van der Waals surface area contributed by atoms with Crippen molar-refractivity contribution in [3.05, 3.63) is 65.1 Å². The van der Waals surface area contributed by atoms with Crippen LogP contribution in [0.3, 0.4) is 0 Å². The number of methoxy groups -OCH3 is 1. The number of anilines is 1. The molecule has 0 saturated carbocycles. The Kier molecular flexibility index (Phi) is 5.62. The predicted octanol–water partition coefficient (Wildman–Crippen LogP) is 4.21. The van der Waals surface area contributed by atoms with Crippen molar-refractivity contribution in [2.45, 2.75) is 25.8 Å². The van der Waals surface area contributed by atoms with E-state index in [4.69, 9.17) is 19.0 Å². The number of ether oxygens (including phenoxy) is 2. The van der Waals surface area contributed by atoms with E-state index in [0.717, 1.165) is 32.8 Å². The van der Waals surface area contributed by atoms with Crippen molar-refractivity contribution >= 4 is 28.1 Å². The molecule has 3 aromatic rings. The zero-order chi connectivity index (χ0) is 20.2. The molecular weight excluding hydrogens is 390 g/mol. The van der Waals surface area contributed by atoms with Crippen molar-refractivity contribution in [1.82, 2.24) is 4.98 Å². The Morgan fingerprint density at radius 1 is 1.31 bits per heavy atom. The number of hydrogen-bond acceptors (Lipinski definition) is 8. The molecule has 1 atom stereocenters. The van der Waals surface area contributed by atoms with Crippen molar-refractivity contribution in [2.75, 3.05) is 18.7 Å². The largest absolute Gasteiger partial charge is 0.497 e. The molecule has 0 bridgehead atoms. The van der Waals surface area contributed by atoms with E-state index < -0.39 is 0 Å². The molecule has 0 fully saturated rings. The highest BCUT2D eigenvalue weighted by molar-refractivity contribution is 7.15. The Labute approximate surface area is 172 Å². The third-order valence-electron chi connectivity index (χ3n) is 4.58. The zero-order valence-corrected chi connectivity index (χ0v) is 17.0. The lowest BCUT2D eigenvalue weighted by molar-refractivity contribution is -0.142. The minimum atomic E-state index is -0.254. The second-order valence-electron chi connectivity index (χ2n) is 6.45. The smallest absolute Gasteiger partial charge is 0.311 e. The molecule has 2 aromatic heterocycles. The Morgan fingerprint density at radius 3 is 2.83 bits per heavy atom. The fourth-order valence-electron chi connectivity index (χ4n) is 3.20. The molecule has 0 aliphatic carbocycles. The van der Waals surface area contributed by atoms with E-state index >= 15 is 0 Å². The molecule has 0 unspecified atom stereocenters. The van der Waals surface area contributed by atoms with Crippen LogP contribution in [0, 0.1) is 0 Å². The van der Waals surface area contributed by atoms with Crippen molar-refractivity contribution in [3.8, 4) is 5.75 Å². The molecule has 8 heteroatoms. The van der Waals surface area contributed by atoms with E-state index in [1.165, 1.54) is 11.3 Å².